The SMILES string of the molecule is CCNc1cc(NC(CO)CO)nc(C(F)(F)F)n1. The maximum atomic E-state index is 12.6. The number of anilines is 2. The highest BCUT2D eigenvalue weighted by atomic mass is 19.4. The number of aliphatic hydroxyl groups excluding tert-OH is 2. The lowest BCUT2D eigenvalue weighted by molar-refractivity contribution is -0.144. The van der Waals surface area contributed by atoms with E-state index in [0.717, 1.165) is 0 Å². The lowest BCUT2D eigenvalue weighted by atomic mass is 10.3. The van der Waals surface area contributed by atoms with Crippen molar-refractivity contribution in [1.82, 2.24) is 9.97 Å². The van der Waals surface area contributed by atoms with E-state index in [9.17, 15) is 13.2 Å². The molecule has 0 aliphatic heterocycles. The normalized spacial score (nSPS) is 11.7. The molecule has 0 bridgehead atoms. The van der Waals surface area contributed by atoms with Gasteiger partial charge in [-0.2, -0.15) is 13.2 Å². The summed E-state index contributed by atoms with van der Waals surface area (Å²) < 4.78 is 37.8. The van der Waals surface area contributed by atoms with Crippen LogP contribution in [0, 0.1) is 0 Å². The van der Waals surface area contributed by atoms with Gasteiger partial charge in [0, 0.05) is 12.6 Å². The number of hydrogen-bond acceptors (Lipinski definition) is 6. The zero-order valence-electron chi connectivity index (χ0n) is 10.2. The van der Waals surface area contributed by atoms with Gasteiger partial charge in [-0.25, -0.2) is 9.97 Å². The molecule has 19 heavy (non-hydrogen) atoms. The summed E-state index contributed by atoms with van der Waals surface area (Å²) >= 11 is 0. The molecule has 0 unspecified atom stereocenters. The van der Waals surface area contributed by atoms with Gasteiger partial charge in [0.1, 0.15) is 11.6 Å². The van der Waals surface area contributed by atoms with Gasteiger partial charge < -0.3 is 20.8 Å². The van der Waals surface area contributed by atoms with Crippen LogP contribution in [0.1, 0.15) is 12.7 Å². The molecule has 108 valence electrons. The fraction of sp³-hybridized carbons (Fsp3) is 0.600. The molecule has 0 amide bonds. The summed E-state index contributed by atoms with van der Waals surface area (Å²) in [5.41, 5.74) is 0. The van der Waals surface area contributed by atoms with Crippen LogP contribution in [0.3, 0.4) is 0 Å². The van der Waals surface area contributed by atoms with E-state index in [-0.39, 0.29) is 11.6 Å². The van der Waals surface area contributed by atoms with Gasteiger partial charge >= 0.3 is 6.18 Å². The van der Waals surface area contributed by atoms with Crippen LogP contribution in [-0.4, -0.2) is 46.0 Å². The first-order valence-electron chi connectivity index (χ1n) is 5.59. The van der Waals surface area contributed by atoms with Crippen LogP contribution < -0.4 is 10.6 Å². The average molecular weight is 280 g/mol. The van der Waals surface area contributed by atoms with Crippen LogP contribution in [0.5, 0.6) is 0 Å². The summed E-state index contributed by atoms with van der Waals surface area (Å²) in [5, 5.41) is 22.9. The third-order valence-electron chi connectivity index (χ3n) is 2.13. The molecule has 0 spiro atoms. The fourth-order valence-corrected chi connectivity index (χ4v) is 1.28. The van der Waals surface area contributed by atoms with Gasteiger partial charge in [-0.1, -0.05) is 0 Å². The van der Waals surface area contributed by atoms with E-state index in [0.29, 0.717) is 6.54 Å². The minimum Gasteiger partial charge on any atom is -0.394 e. The van der Waals surface area contributed by atoms with Crippen molar-refractivity contribution in [3.8, 4) is 0 Å². The molecule has 0 aromatic carbocycles. The van der Waals surface area contributed by atoms with Crippen LogP contribution in [0.25, 0.3) is 0 Å². The second-order valence-electron chi connectivity index (χ2n) is 3.70. The van der Waals surface area contributed by atoms with Crippen molar-refractivity contribution in [2.75, 3.05) is 30.4 Å². The summed E-state index contributed by atoms with van der Waals surface area (Å²) in [6.45, 7) is 1.25. The predicted octanol–water partition coefficient (Wildman–Crippen LogP) is 0.692. The Balaban J connectivity index is 3.05. The number of halogens is 3. The standard InChI is InChI=1S/C10H15F3N4O2/c1-2-14-7-3-8(15-6(4-18)5-19)17-9(16-7)10(11,12)13/h3,6,18-19H,2,4-5H2,1H3,(H2,14,15,16,17). The highest BCUT2D eigenvalue weighted by molar-refractivity contribution is 5.48. The van der Waals surface area contributed by atoms with E-state index < -0.39 is 31.3 Å². The second kappa shape index (κ2) is 6.53. The Hall–Kier alpha value is -1.61. The van der Waals surface area contributed by atoms with Gasteiger partial charge in [0.25, 0.3) is 0 Å². The Morgan fingerprint density at radius 1 is 1.21 bits per heavy atom. The molecule has 0 saturated heterocycles. The molecule has 4 N–H and O–H groups in total. The number of nitrogens with one attached hydrogen (secondary N) is 2. The predicted molar refractivity (Wildman–Crippen MR) is 62.8 cm³/mol. The minimum atomic E-state index is -4.67. The number of aliphatic hydroxyl groups is 2. The second-order valence-corrected chi connectivity index (χ2v) is 3.70. The molecule has 0 radical (unpaired) electrons. The van der Waals surface area contributed by atoms with Gasteiger partial charge in [-0.15, -0.1) is 0 Å². The van der Waals surface area contributed by atoms with E-state index in [2.05, 4.69) is 20.6 Å². The third-order valence-corrected chi connectivity index (χ3v) is 2.13. The van der Waals surface area contributed by atoms with Crippen molar-refractivity contribution in [3.63, 3.8) is 0 Å². The van der Waals surface area contributed by atoms with Gasteiger partial charge in [0.05, 0.1) is 19.3 Å². The van der Waals surface area contributed by atoms with Crippen molar-refractivity contribution in [2.24, 2.45) is 0 Å². The molecule has 0 aliphatic carbocycles. The zero-order valence-corrected chi connectivity index (χ0v) is 10.2. The van der Waals surface area contributed by atoms with E-state index in [1.807, 2.05) is 0 Å². The number of hydrogen-bond donors (Lipinski definition) is 4. The Kier molecular flexibility index (Phi) is 5.31. The highest BCUT2D eigenvalue weighted by Gasteiger charge is 2.35. The van der Waals surface area contributed by atoms with E-state index in [1.165, 1.54) is 6.07 Å². The van der Waals surface area contributed by atoms with Crippen LogP contribution in [0.15, 0.2) is 6.07 Å². The molecular formula is C10H15F3N4O2. The highest BCUT2D eigenvalue weighted by Crippen LogP contribution is 2.28. The molecule has 1 rings (SSSR count). The Labute approximate surface area is 107 Å². The monoisotopic (exact) mass is 280 g/mol. The molecule has 6 nitrogen and oxygen atoms in total. The number of rotatable bonds is 6. The molecule has 1 heterocycles. The van der Waals surface area contributed by atoms with Crippen LogP contribution >= 0.6 is 0 Å². The number of aromatic nitrogens is 2. The summed E-state index contributed by atoms with van der Waals surface area (Å²) in [5.74, 6) is -1.39. The molecule has 1 aromatic heterocycles. The first-order chi connectivity index (χ1) is 8.90. The third kappa shape index (κ3) is 4.52. The molecule has 0 saturated carbocycles. The topological polar surface area (TPSA) is 90.3 Å². The Bertz CT molecular complexity index is 410. The van der Waals surface area contributed by atoms with E-state index >= 15 is 0 Å². The summed E-state index contributed by atoms with van der Waals surface area (Å²) in [4.78, 5) is 6.65. The minimum absolute atomic E-state index is 0.0157. The van der Waals surface area contributed by atoms with Crippen molar-refractivity contribution >= 4 is 11.6 Å². The van der Waals surface area contributed by atoms with Crippen LogP contribution in [0.2, 0.25) is 0 Å². The number of nitrogens with zero attached hydrogens (tertiary/aromatic N) is 2. The van der Waals surface area contributed by atoms with Gasteiger partial charge in [0.15, 0.2) is 0 Å². The summed E-state index contributed by atoms with van der Waals surface area (Å²) in [7, 11) is 0. The maximum absolute atomic E-state index is 12.6. The lowest BCUT2D eigenvalue weighted by Gasteiger charge is -2.16. The average Bonchev–Trinajstić information content (AvgIpc) is 2.35. The molecule has 0 atom stereocenters. The largest absolute Gasteiger partial charge is 0.451 e. The number of alkyl halides is 3. The van der Waals surface area contributed by atoms with E-state index in [4.69, 9.17) is 10.2 Å². The summed E-state index contributed by atoms with van der Waals surface area (Å²) in [6.07, 6.45) is -4.67. The first-order valence-corrected chi connectivity index (χ1v) is 5.59. The Morgan fingerprint density at radius 3 is 2.26 bits per heavy atom. The van der Waals surface area contributed by atoms with Crippen LogP contribution in [-0.2, 0) is 6.18 Å². The maximum Gasteiger partial charge on any atom is 0.451 e. The van der Waals surface area contributed by atoms with Crippen molar-refractivity contribution in [1.29, 1.82) is 0 Å². The lowest BCUT2D eigenvalue weighted by Crippen LogP contribution is -2.28. The molecular weight excluding hydrogens is 265 g/mol. The van der Waals surface area contributed by atoms with Gasteiger partial charge in [-0.3, -0.25) is 0 Å². The van der Waals surface area contributed by atoms with E-state index in [1.54, 1.807) is 6.92 Å². The van der Waals surface area contributed by atoms with Crippen molar-refractivity contribution < 1.29 is 23.4 Å². The van der Waals surface area contributed by atoms with Gasteiger partial charge in [0.2, 0.25) is 5.82 Å². The Morgan fingerprint density at radius 2 is 1.79 bits per heavy atom. The quantitative estimate of drug-likeness (QED) is 0.613. The molecule has 9 heteroatoms. The smallest absolute Gasteiger partial charge is 0.394 e. The van der Waals surface area contributed by atoms with Crippen LogP contribution in [0.4, 0.5) is 24.8 Å². The zero-order chi connectivity index (χ0) is 14.5. The molecule has 1 aromatic rings. The van der Waals surface area contributed by atoms with Gasteiger partial charge in [-0.05, 0) is 6.92 Å². The summed E-state index contributed by atoms with van der Waals surface area (Å²) in [6, 6.07) is 0.488. The van der Waals surface area contributed by atoms with Crippen molar-refractivity contribution in [3.05, 3.63) is 11.9 Å². The fourth-order valence-electron chi connectivity index (χ4n) is 1.28. The van der Waals surface area contributed by atoms with Crippen molar-refractivity contribution in [2.45, 2.75) is 19.1 Å². The molecule has 0 fully saturated rings. The first kappa shape index (κ1) is 15.4. The molecule has 0 aliphatic rings.